The Morgan fingerprint density at radius 3 is 2.58 bits per heavy atom. The van der Waals surface area contributed by atoms with Crippen molar-refractivity contribution in [3.63, 3.8) is 0 Å². The molecule has 1 atom stereocenters. The van der Waals surface area contributed by atoms with E-state index in [1.807, 2.05) is 0 Å². The second-order valence-electron chi connectivity index (χ2n) is 5.73. The van der Waals surface area contributed by atoms with Crippen molar-refractivity contribution in [2.75, 3.05) is 5.75 Å². The van der Waals surface area contributed by atoms with Gasteiger partial charge in [0.25, 0.3) is 0 Å². The highest BCUT2D eigenvalue weighted by Crippen LogP contribution is 2.16. The molecule has 0 aromatic carbocycles. The van der Waals surface area contributed by atoms with Crippen molar-refractivity contribution >= 4 is 9.84 Å². The SMILES string of the molecule is CCCC(N)c1cn(CCS(=O)(=O)C(C)(C)C)nn1. The third-order valence-electron chi connectivity index (χ3n) is 3.06. The van der Waals surface area contributed by atoms with Crippen LogP contribution in [0.5, 0.6) is 0 Å². The first-order valence-corrected chi connectivity index (χ1v) is 8.20. The fourth-order valence-corrected chi connectivity index (χ4v) is 2.61. The van der Waals surface area contributed by atoms with Gasteiger partial charge in [-0.2, -0.15) is 0 Å². The van der Waals surface area contributed by atoms with Crippen LogP contribution in [0.4, 0.5) is 0 Å². The Hall–Kier alpha value is -0.950. The van der Waals surface area contributed by atoms with Crippen LogP contribution in [0.2, 0.25) is 0 Å². The summed E-state index contributed by atoms with van der Waals surface area (Å²) in [6.45, 7) is 7.47. The maximum atomic E-state index is 12.0. The van der Waals surface area contributed by atoms with Gasteiger partial charge in [0, 0.05) is 0 Å². The summed E-state index contributed by atoms with van der Waals surface area (Å²) in [4.78, 5) is 0. The first kappa shape index (κ1) is 16.1. The van der Waals surface area contributed by atoms with E-state index in [-0.39, 0.29) is 11.8 Å². The smallest absolute Gasteiger partial charge is 0.157 e. The lowest BCUT2D eigenvalue weighted by molar-refractivity contribution is 0.545. The quantitative estimate of drug-likeness (QED) is 0.851. The Morgan fingerprint density at radius 2 is 2.05 bits per heavy atom. The van der Waals surface area contributed by atoms with Gasteiger partial charge < -0.3 is 5.73 Å². The second-order valence-corrected chi connectivity index (χ2v) is 8.60. The van der Waals surface area contributed by atoms with Gasteiger partial charge in [0.15, 0.2) is 9.84 Å². The third-order valence-corrected chi connectivity index (χ3v) is 5.64. The van der Waals surface area contributed by atoms with Crippen molar-refractivity contribution in [1.29, 1.82) is 0 Å². The highest BCUT2D eigenvalue weighted by molar-refractivity contribution is 7.92. The lowest BCUT2D eigenvalue weighted by Crippen LogP contribution is -2.32. The van der Waals surface area contributed by atoms with Crippen molar-refractivity contribution in [1.82, 2.24) is 15.0 Å². The number of aryl methyl sites for hydroxylation is 1. The van der Waals surface area contributed by atoms with Crippen molar-refractivity contribution in [3.05, 3.63) is 11.9 Å². The molecule has 6 nitrogen and oxygen atoms in total. The van der Waals surface area contributed by atoms with Gasteiger partial charge in [-0.05, 0) is 27.2 Å². The van der Waals surface area contributed by atoms with Crippen LogP contribution in [0.25, 0.3) is 0 Å². The zero-order valence-electron chi connectivity index (χ0n) is 12.1. The monoisotopic (exact) mass is 288 g/mol. The Labute approximate surface area is 115 Å². The lowest BCUT2D eigenvalue weighted by atomic mass is 10.1. The molecule has 0 amide bonds. The number of nitrogens with two attached hydrogens (primary N) is 1. The molecule has 0 saturated carbocycles. The number of hydrogen-bond acceptors (Lipinski definition) is 5. The first-order chi connectivity index (χ1) is 8.67. The molecule has 1 rings (SSSR count). The molecule has 0 aliphatic heterocycles. The van der Waals surface area contributed by atoms with Gasteiger partial charge in [-0.15, -0.1) is 5.10 Å². The summed E-state index contributed by atoms with van der Waals surface area (Å²) in [5, 5.41) is 7.92. The van der Waals surface area contributed by atoms with E-state index in [4.69, 9.17) is 5.73 Å². The Kier molecular flexibility index (Phi) is 5.09. The molecular weight excluding hydrogens is 264 g/mol. The van der Waals surface area contributed by atoms with Crippen LogP contribution < -0.4 is 5.73 Å². The molecule has 7 heteroatoms. The van der Waals surface area contributed by atoms with E-state index in [9.17, 15) is 8.42 Å². The summed E-state index contributed by atoms with van der Waals surface area (Å²) in [5.74, 6) is 0.0579. The molecular formula is C12H24N4O2S. The molecule has 110 valence electrons. The Bertz CT molecular complexity index is 502. The van der Waals surface area contributed by atoms with Crippen LogP contribution in [0.3, 0.4) is 0 Å². The largest absolute Gasteiger partial charge is 0.323 e. The van der Waals surface area contributed by atoms with E-state index in [2.05, 4.69) is 17.2 Å². The third kappa shape index (κ3) is 4.28. The zero-order chi connectivity index (χ0) is 14.7. The summed E-state index contributed by atoms with van der Waals surface area (Å²) < 4.78 is 24.8. The maximum absolute atomic E-state index is 12.0. The minimum atomic E-state index is -3.14. The van der Waals surface area contributed by atoms with Gasteiger partial charge in [0.1, 0.15) is 0 Å². The molecule has 0 aliphatic carbocycles. The van der Waals surface area contributed by atoms with E-state index in [0.29, 0.717) is 6.54 Å². The highest BCUT2D eigenvalue weighted by atomic mass is 32.2. The molecule has 0 bridgehead atoms. The molecule has 1 unspecified atom stereocenters. The van der Waals surface area contributed by atoms with Gasteiger partial charge in [0.2, 0.25) is 0 Å². The van der Waals surface area contributed by atoms with E-state index in [0.717, 1.165) is 18.5 Å². The highest BCUT2D eigenvalue weighted by Gasteiger charge is 2.28. The molecule has 1 heterocycles. The van der Waals surface area contributed by atoms with Gasteiger partial charge >= 0.3 is 0 Å². The van der Waals surface area contributed by atoms with E-state index >= 15 is 0 Å². The van der Waals surface area contributed by atoms with Gasteiger partial charge in [-0.1, -0.05) is 18.6 Å². The van der Waals surface area contributed by atoms with Crippen molar-refractivity contribution in [2.24, 2.45) is 5.73 Å². The van der Waals surface area contributed by atoms with Crippen molar-refractivity contribution in [3.8, 4) is 0 Å². The van der Waals surface area contributed by atoms with E-state index < -0.39 is 14.6 Å². The summed E-state index contributed by atoms with van der Waals surface area (Å²) >= 11 is 0. The molecule has 2 N–H and O–H groups in total. The topological polar surface area (TPSA) is 90.9 Å². The lowest BCUT2D eigenvalue weighted by Gasteiger charge is -2.18. The van der Waals surface area contributed by atoms with Gasteiger partial charge in [-0.25, -0.2) is 8.42 Å². The van der Waals surface area contributed by atoms with Crippen LogP contribution in [0.1, 0.15) is 52.3 Å². The molecule has 0 radical (unpaired) electrons. The first-order valence-electron chi connectivity index (χ1n) is 6.55. The molecule has 1 aromatic heterocycles. The summed E-state index contributed by atoms with van der Waals surface area (Å²) in [6.07, 6.45) is 3.56. The standard InChI is InChI=1S/C12H24N4O2S/c1-5-6-10(13)11-9-16(15-14-11)7-8-19(17,18)12(2,3)4/h9-10H,5-8,13H2,1-4H3. The molecule has 0 spiro atoms. The van der Waals surface area contributed by atoms with Gasteiger partial charge in [-0.3, -0.25) is 4.68 Å². The number of hydrogen-bond donors (Lipinski definition) is 1. The fraction of sp³-hybridized carbons (Fsp3) is 0.833. The predicted molar refractivity (Wildman–Crippen MR) is 75.4 cm³/mol. The molecule has 1 aromatic rings. The van der Waals surface area contributed by atoms with Crippen LogP contribution in [-0.2, 0) is 16.4 Å². The number of aromatic nitrogens is 3. The molecule has 0 aliphatic rings. The molecule has 0 saturated heterocycles. The van der Waals surface area contributed by atoms with Crippen LogP contribution in [0.15, 0.2) is 6.20 Å². The zero-order valence-corrected chi connectivity index (χ0v) is 12.9. The number of rotatable bonds is 6. The Balaban J connectivity index is 2.65. The summed E-state index contributed by atoms with van der Waals surface area (Å²) in [5.41, 5.74) is 6.65. The van der Waals surface area contributed by atoms with Crippen LogP contribution >= 0.6 is 0 Å². The minimum absolute atomic E-state index is 0.0579. The maximum Gasteiger partial charge on any atom is 0.157 e. The average Bonchev–Trinajstić information content (AvgIpc) is 2.74. The summed E-state index contributed by atoms with van der Waals surface area (Å²) in [6, 6.07) is -0.127. The predicted octanol–water partition coefficient (Wildman–Crippen LogP) is 1.29. The van der Waals surface area contributed by atoms with Crippen molar-refractivity contribution < 1.29 is 8.42 Å². The van der Waals surface area contributed by atoms with E-state index in [1.54, 1.807) is 31.6 Å². The molecule has 0 fully saturated rings. The average molecular weight is 288 g/mol. The van der Waals surface area contributed by atoms with Crippen molar-refractivity contribution in [2.45, 2.75) is 57.9 Å². The van der Waals surface area contributed by atoms with Crippen LogP contribution in [0, 0.1) is 0 Å². The normalized spacial score (nSPS) is 14.6. The van der Waals surface area contributed by atoms with Crippen LogP contribution in [-0.4, -0.2) is 33.9 Å². The fourth-order valence-electron chi connectivity index (χ4n) is 1.57. The number of sulfone groups is 1. The number of nitrogens with zero attached hydrogens (tertiary/aromatic N) is 3. The Morgan fingerprint density at radius 1 is 1.42 bits per heavy atom. The van der Waals surface area contributed by atoms with Gasteiger partial charge in [0.05, 0.1) is 35.0 Å². The summed E-state index contributed by atoms with van der Waals surface area (Å²) in [7, 11) is -3.14. The minimum Gasteiger partial charge on any atom is -0.323 e. The van der Waals surface area contributed by atoms with E-state index in [1.165, 1.54) is 0 Å². The molecule has 19 heavy (non-hydrogen) atoms. The second kappa shape index (κ2) is 6.00.